The molecule has 1 aliphatic rings. The van der Waals surface area contributed by atoms with Crippen LogP contribution in [0.3, 0.4) is 0 Å². The van der Waals surface area contributed by atoms with Gasteiger partial charge in [0.1, 0.15) is 23.5 Å². The summed E-state index contributed by atoms with van der Waals surface area (Å²) in [4.78, 5) is 21.7. The number of rotatable bonds is 4. The molecular weight excluding hydrogens is 318 g/mol. The summed E-state index contributed by atoms with van der Waals surface area (Å²) < 4.78 is 31.9. The third kappa shape index (κ3) is 4.15. The van der Waals surface area contributed by atoms with E-state index in [-0.39, 0.29) is 24.4 Å². The van der Waals surface area contributed by atoms with Crippen LogP contribution in [0.25, 0.3) is 0 Å². The SMILES string of the molecule is O=C(NCc1cnccn1)N1CCC(Oc2cc(F)cc(F)c2)C1. The Morgan fingerprint density at radius 1 is 1.29 bits per heavy atom. The first-order valence-corrected chi connectivity index (χ1v) is 7.50. The minimum atomic E-state index is -0.693. The monoisotopic (exact) mass is 334 g/mol. The van der Waals surface area contributed by atoms with Gasteiger partial charge in [-0.25, -0.2) is 13.6 Å². The predicted octanol–water partition coefficient (Wildman–Crippen LogP) is 2.12. The van der Waals surface area contributed by atoms with E-state index in [1.807, 2.05) is 0 Å². The summed E-state index contributed by atoms with van der Waals surface area (Å²) in [7, 11) is 0. The summed E-state index contributed by atoms with van der Waals surface area (Å²) in [6.45, 7) is 1.14. The smallest absolute Gasteiger partial charge is 0.317 e. The van der Waals surface area contributed by atoms with Gasteiger partial charge in [-0.15, -0.1) is 0 Å². The maximum atomic E-state index is 13.2. The molecule has 1 saturated heterocycles. The summed E-state index contributed by atoms with van der Waals surface area (Å²) in [6.07, 6.45) is 4.99. The number of urea groups is 1. The van der Waals surface area contributed by atoms with Crippen LogP contribution < -0.4 is 10.1 Å². The molecule has 6 nitrogen and oxygen atoms in total. The topological polar surface area (TPSA) is 67.4 Å². The van der Waals surface area contributed by atoms with E-state index in [1.165, 1.54) is 0 Å². The van der Waals surface area contributed by atoms with Gasteiger partial charge < -0.3 is 15.0 Å². The Balaban J connectivity index is 1.50. The van der Waals surface area contributed by atoms with Gasteiger partial charge in [0.05, 0.1) is 25.0 Å². The van der Waals surface area contributed by atoms with Gasteiger partial charge in [0.15, 0.2) is 0 Å². The number of ether oxygens (including phenoxy) is 1. The van der Waals surface area contributed by atoms with Crippen LogP contribution in [0.5, 0.6) is 5.75 Å². The molecule has 0 radical (unpaired) electrons. The van der Waals surface area contributed by atoms with Crippen LogP contribution in [0, 0.1) is 11.6 Å². The van der Waals surface area contributed by atoms with Crippen molar-refractivity contribution in [3.8, 4) is 5.75 Å². The fraction of sp³-hybridized carbons (Fsp3) is 0.312. The second-order valence-corrected chi connectivity index (χ2v) is 5.44. The summed E-state index contributed by atoms with van der Waals surface area (Å²) in [6, 6.07) is 2.80. The average molecular weight is 334 g/mol. The van der Waals surface area contributed by atoms with Crippen molar-refractivity contribution in [2.75, 3.05) is 13.1 Å². The summed E-state index contributed by atoms with van der Waals surface area (Å²) in [5.41, 5.74) is 0.660. The van der Waals surface area contributed by atoms with E-state index in [1.54, 1.807) is 23.5 Å². The molecule has 2 heterocycles. The highest BCUT2D eigenvalue weighted by atomic mass is 19.1. The Morgan fingerprint density at radius 2 is 2.08 bits per heavy atom. The molecule has 126 valence electrons. The molecule has 1 atom stereocenters. The zero-order valence-electron chi connectivity index (χ0n) is 12.8. The lowest BCUT2D eigenvalue weighted by Gasteiger charge is -2.18. The molecule has 2 aromatic rings. The van der Waals surface area contributed by atoms with Crippen LogP contribution in [0.2, 0.25) is 0 Å². The highest BCUT2D eigenvalue weighted by molar-refractivity contribution is 5.74. The molecule has 0 saturated carbocycles. The Hall–Kier alpha value is -2.77. The van der Waals surface area contributed by atoms with Gasteiger partial charge in [-0.1, -0.05) is 0 Å². The van der Waals surface area contributed by atoms with Crippen molar-refractivity contribution in [3.05, 3.63) is 54.1 Å². The molecule has 0 spiro atoms. The minimum Gasteiger partial charge on any atom is -0.488 e. The Bertz CT molecular complexity index is 694. The van der Waals surface area contributed by atoms with Crippen molar-refractivity contribution >= 4 is 6.03 Å². The molecule has 0 aliphatic carbocycles. The summed E-state index contributed by atoms with van der Waals surface area (Å²) >= 11 is 0. The fourth-order valence-corrected chi connectivity index (χ4v) is 2.50. The highest BCUT2D eigenvalue weighted by Crippen LogP contribution is 2.20. The molecule has 3 rings (SSSR count). The minimum absolute atomic E-state index is 0.124. The largest absolute Gasteiger partial charge is 0.488 e. The Labute approximate surface area is 137 Å². The molecule has 1 unspecified atom stereocenters. The maximum Gasteiger partial charge on any atom is 0.317 e. The first kappa shape index (κ1) is 16.1. The van der Waals surface area contributed by atoms with E-state index in [2.05, 4.69) is 15.3 Å². The molecule has 1 aromatic carbocycles. The fourth-order valence-electron chi connectivity index (χ4n) is 2.50. The number of nitrogens with zero attached hydrogens (tertiary/aromatic N) is 3. The number of nitrogens with one attached hydrogen (secondary N) is 1. The summed E-state index contributed by atoms with van der Waals surface area (Å²) in [5.74, 6) is -1.26. The van der Waals surface area contributed by atoms with Crippen LogP contribution in [0.15, 0.2) is 36.8 Å². The number of aromatic nitrogens is 2. The first-order valence-electron chi connectivity index (χ1n) is 7.50. The van der Waals surface area contributed by atoms with Crippen molar-refractivity contribution < 1.29 is 18.3 Å². The highest BCUT2D eigenvalue weighted by Gasteiger charge is 2.27. The first-order chi connectivity index (χ1) is 11.6. The van der Waals surface area contributed by atoms with Crippen molar-refractivity contribution in [3.63, 3.8) is 0 Å². The van der Waals surface area contributed by atoms with E-state index >= 15 is 0 Å². The van der Waals surface area contributed by atoms with Gasteiger partial charge in [-0.3, -0.25) is 9.97 Å². The number of hydrogen-bond donors (Lipinski definition) is 1. The number of halogens is 2. The maximum absolute atomic E-state index is 13.2. The van der Waals surface area contributed by atoms with E-state index in [0.717, 1.165) is 18.2 Å². The third-order valence-corrected chi connectivity index (χ3v) is 3.61. The number of carbonyl (C=O) groups is 1. The van der Waals surface area contributed by atoms with Gasteiger partial charge in [0.25, 0.3) is 0 Å². The lowest BCUT2D eigenvalue weighted by atomic mass is 10.3. The lowest BCUT2D eigenvalue weighted by Crippen LogP contribution is -2.39. The van der Waals surface area contributed by atoms with Gasteiger partial charge in [0, 0.05) is 43.6 Å². The molecule has 1 fully saturated rings. The standard InChI is InChI=1S/C16H16F2N4O2/c17-11-5-12(18)7-15(6-11)24-14-1-4-22(10-14)16(23)21-9-13-8-19-2-3-20-13/h2-3,5-8,14H,1,4,9-10H2,(H,21,23). The molecule has 0 bridgehead atoms. The van der Waals surface area contributed by atoms with E-state index in [4.69, 9.17) is 4.74 Å². The quantitative estimate of drug-likeness (QED) is 0.930. The zero-order valence-corrected chi connectivity index (χ0v) is 12.8. The normalized spacial score (nSPS) is 16.9. The van der Waals surface area contributed by atoms with Crippen molar-refractivity contribution in [2.24, 2.45) is 0 Å². The number of amides is 2. The van der Waals surface area contributed by atoms with Crippen molar-refractivity contribution in [2.45, 2.75) is 19.1 Å². The van der Waals surface area contributed by atoms with Crippen LogP contribution in [0.1, 0.15) is 12.1 Å². The molecule has 1 N–H and O–H groups in total. The van der Waals surface area contributed by atoms with Crippen LogP contribution in [-0.4, -0.2) is 40.1 Å². The van der Waals surface area contributed by atoms with E-state index in [0.29, 0.717) is 25.2 Å². The number of carbonyl (C=O) groups excluding carboxylic acids is 1. The molecule has 2 amide bonds. The van der Waals surface area contributed by atoms with E-state index in [9.17, 15) is 13.6 Å². The average Bonchev–Trinajstić information content (AvgIpc) is 3.01. The Morgan fingerprint density at radius 3 is 2.79 bits per heavy atom. The number of hydrogen-bond acceptors (Lipinski definition) is 4. The van der Waals surface area contributed by atoms with Crippen LogP contribution in [-0.2, 0) is 6.54 Å². The molecular formula is C16H16F2N4O2. The van der Waals surface area contributed by atoms with Gasteiger partial charge in [-0.05, 0) is 0 Å². The zero-order chi connectivity index (χ0) is 16.9. The number of benzene rings is 1. The van der Waals surface area contributed by atoms with Gasteiger partial charge >= 0.3 is 6.03 Å². The van der Waals surface area contributed by atoms with Crippen molar-refractivity contribution in [1.29, 1.82) is 0 Å². The second-order valence-electron chi connectivity index (χ2n) is 5.44. The Kier molecular flexibility index (Phi) is 4.83. The van der Waals surface area contributed by atoms with Crippen LogP contribution in [0.4, 0.5) is 13.6 Å². The van der Waals surface area contributed by atoms with Gasteiger partial charge in [-0.2, -0.15) is 0 Å². The molecule has 1 aliphatic heterocycles. The molecule has 1 aromatic heterocycles. The van der Waals surface area contributed by atoms with E-state index < -0.39 is 11.6 Å². The molecule has 8 heteroatoms. The predicted molar refractivity (Wildman–Crippen MR) is 81.2 cm³/mol. The third-order valence-electron chi connectivity index (χ3n) is 3.61. The molecule has 24 heavy (non-hydrogen) atoms. The van der Waals surface area contributed by atoms with Crippen molar-refractivity contribution in [1.82, 2.24) is 20.2 Å². The van der Waals surface area contributed by atoms with Crippen LogP contribution >= 0.6 is 0 Å². The number of likely N-dealkylation sites (tertiary alicyclic amines) is 1. The lowest BCUT2D eigenvalue weighted by molar-refractivity contribution is 0.186. The summed E-state index contributed by atoms with van der Waals surface area (Å²) in [5, 5.41) is 2.75. The second kappa shape index (κ2) is 7.20. The van der Waals surface area contributed by atoms with Gasteiger partial charge in [0.2, 0.25) is 0 Å².